The zero-order valence-corrected chi connectivity index (χ0v) is 16.2. The third-order valence-corrected chi connectivity index (χ3v) is 4.80. The van der Waals surface area contributed by atoms with Gasteiger partial charge in [0, 0.05) is 5.69 Å². The fourth-order valence-electron chi connectivity index (χ4n) is 3.56. The number of carbonyl (C=O) groups excluding carboxylic acids is 2. The zero-order valence-electron chi connectivity index (χ0n) is 16.2. The Bertz CT molecular complexity index is 877. The molecular formula is C21H22N2O5. The molecule has 7 heteroatoms. The van der Waals surface area contributed by atoms with E-state index < -0.39 is 23.5 Å². The summed E-state index contributed by atoms with van der Waals surface area (Å²) in [6, 6.07) is 15.8. The molecule has 1 unspecified atom stereocenters. The van der Waals surface area contributed by atoms with Crippen LogP contribution in [0.25, 0.3) is 0 Å². The Labute approximate surface area is 163 Å². The Hall–Kier alpha value is -3.35. The Morgan fingerprint density at radius 2 is 1.50 bits per heavy atom. The van der Waals surface area contributed by atoms with E-state index in [1.165, 1.54) is 14.2 Å². The summed E-state index contributed by atoms with van der Waals surface area (Å²) in [4.78, 5) is 32.1. The number of hydrogen-bond acceptors (Lipinski definition) is 7. The summed E-state index contributed by atoms with van der Waals surface area (Å²) in [5.41, 5.74) is -0.380. The molecule has 0 aliphatic carbocycles. The summed E-state index contributed by atoms with van der Waals surface area (Å²) in [7, 11) is 4.05. The van der Waals surface area contributed by atoms with Crippen molar-refractivity contribution in [1.82, 2.24) is 0 Å². The van der Waals surface area contributed by atoms with Crippen molar-refractivity contribution < 1.29 is 23.8 Å². The predicted octanol–water partition coefficient (Wildman–Crippen LogP) is 2.76. The normalized spacial score (nSPS) is 17.6. The van der Waals surface area contributed by atoms with Crippen LogP contribution in [0.15, 0.2) is 59.6 Å². The first kappa shape index (κ1) is 19.4. The van der Waals surface area contributed by atoms with E-state index in [0.29, 0.717) is 11.6 Å². The second-order valence-electron chi connectivity index (χ2n) is 6.29. The van der Waals surface area contributed by atoms with Crippen LogP contribution in [-0.2, 0) is 19.1 Å². The summed E-state index contributed by atoms with van der Waals surface area (Å²) >= 11 is 0. The van der Waals surface area contributed by atoms with Crippen LogP contribution < -0.4 is 9.64 Å². The number of esters is 2. The van der Waals surface area contributed by atoms with E-state index >= 15 is 0 Å². The third kappa shape index (κ3) is 2.98. The molecule has 0 fully saturated rings. The highest BCUT2D eigenvalue weighted by molar-refractivity contribution is 6.14. The van der Waals surface area contributed by atoms with Crippen LogP contribution in [0, 0.1) is 0 Å². The van der Waals surface area contributed by atoms with Gasteiger partial charge in [-0.05, 0) is 36.8 Å². The van der Waals surface area contributed by atoms with E-state index in [9.17, 15) is 9.59 Å². The molecule has 1 aliphatic heterocycles. The zero-order chi connectivity index (χ0) is 20.3. The van der Waals surface area contributed by atoms with Crippen LogP contribution in [0.1, 0.15) is 18.5 Å². The molecule has 0 saturated carbocycles. The highest BCUT2D eigenvalue weighted by Crippen LogP contribution is 2.45. The summed E-state index contributed by atoms with van der Waals surface area (Å²) in [5.74, 6) is -0.358. The minimum atomic E-state index is -1.87. The number of nitrogens with zero attached hydrogens (tertiary/aromatic N) is 2. The molecule has 0 saturated heterocycles. The van der Waals surface area contributed by atoms with Crippen LogP contribution in [0.5, 0.6) is 5.75 Å². The molecule has 1 atom stereocenters. The van der Waals surface area contributed by atoms with Crippen LogP contribution >= 0.6 is 0 Å². The number of hydrogen-bond donors (Lipinski definition) is 0. The first-order chi connectivity index (χ1) is 13.5. The maximum atomic E-state index is 12.9. The van der Waals surface area contributed by atoms with Gasteiger partial charge >= 0.3 is 11.9 Å². The number of benzene rings is 2. The lowest BCUT2D eigenvalue weighted by Crippen LogP contribution is -2.52. The van der Waals surface area contributed by atoms with E-state index in [1.54, 1.807) is 26.2 Å². The smallest absolute Gasteiger partial charge is 0.348 e. The Morgan fingerprint density at radius 1 is 0.929 bits per heavy atom. The highest BCUT2D eigenvalue weighted by Gasteiger charge is 2.62. The van der Waals surface area contributed by atoms with Crippen molar-refractivity contribution in [3.63, 3.8) is 0 Å². The maximum absolute atomic E-state index is 12.9. The maximum Gasteiger partial charge on any atom is 0.348 e. The average molecular weight is 382 g/mol. The average Bonchev–Trinajstić information content (AvgIpc) is 3.07. The van der Waals surface area contributed by atoms with E-state index in [-0.39, 0.29) is 0 Å². The molecule has 2 aromatic rings. The van der Waals surface area contributed by atoms with Crippen molar-refractivity contribution in [2.45, 2.75) is 18.5 Å². The van der Waals surface area contributed by atoms with Gasteiger partial charge in [0.15, 0.2) is 0 Å². The van der Waals surface area contributed by atoms with Gasteiger partial charge in [-0.15, -0.1) is 0 Å². The van der Waals surface area contributed by atoms with Gasteiger partial charge in [0.05, 0.1) is 21.3 Å². The molecular weight excluding hydrogens is 360 g/mol. The van der Waals surface area contributed by atoms with Crippen molar-refractivity contribution in [3.8, 4) is 5.75 Å². The van der Waals surface area contributed by atoms with Crippen molar-refractivity contribution in [3.05, 3.63) is 60.2 Å². The minimum Gasteiger partial charge on any atom is -0.497 e. The lowest BCUT2D eigenvalue weighted by atomic mass is 9.85. The Morgan fingerprint density at radius 3 is 2.00 bits per heavy atom. The molecule has 1 aliphatic rings. The molecule has 28 heavy (non-hydrogen) atoms. The molecule has 2 aromatic carbocycles. The summed E-state index contributed by atoms with van der Waals surface area (Å²) < 4.78 is 15.2. The van der Waals surface area contributed by atoms with Crippen LogP contribution in [0.3, 0.4) is 0 Å². The van der Waals surface area contributed by atoms with Crippen LogP contribution in [0.2, 0.25) is 0 Å². The van der Waals surface area contributed by atoms with Crippen molar-refractivity contribution in [1.29, 1.82) is 0 Å². The van der Waals surface area contributed by atoms with Crippen molar-refractivity contribution >= 4 is 23.5 Å². The van der Waals surface area contributed by atoms with Crippen molar-refractivity contribution in [2.75, 3.05) is 26.2 Å². The van der Waals surface area contributed by atoms with E-state index in [2.05, 4.69) is 4.99 Å². The highest BCUT2D eigenvalue weighted by atomic mass is 16.5. The minimum absolute atomic E-state index is 0.495. The predicted molar refractivity (Wildman–Crippen MR) is 105 cm³/mol. The number of methoxy groups -OCH3 is 3. The van der Waals surface area contributed by atoms with Gasteiger partial charge in [-0.3, -0.25) is 0 Å². The Kier molecular flexibility index (Phi) is 5.35. The van der Waals surface area contributed by atoms with E-state index in [1.807, 2.05) is 47.4 Å². The summed E-state index contributed by atoms with van der Waals surface area (Å²) in [6.07, 6.45) is 0. The number of carbonyl (C=O) groups is 2. The fourth-order valence-corrected chi connectivity index (χ4v) is 3.56. The van der Waals surface area contributed by atoms with Gasteiger partial charge in [0.2, 0.25) is 0 Å². The van der Waals surface area contributed by atoms with E-state index in [4.69, 9.17) is 14.2 Å². The van der Waals surface area contributed by atoms with E-state index in [0.717, 1.165) is 11.3 Å². The standard InChI is InChI=1S/C21H22N2O5/c1-14-22-21(19(24)27-3,20(25)28-4)18(15-8-6-5-7-9-15)23(14)16-10-12-17(26-2)13-11-16/h5-13,18H,1-4H3. The molecule has 0 N–H and O–H groups in total. The van der Waals surface area contributed by atoms with Crippen LogP contribution in [0.4, 0.5) is 5.69 Å². The molecule has 0 bridgehead atoms. The first-order valence-electron chi connectivity index (χ1n) is 8.71. The van der Waals surface area contributed by atoms with Gasteiger partial charge in [0.1, 0.15) is 17.6 Å². The monoisotopic (exact) mass is 382 g/mol. The molecule has 0 amide bonds. The molecule has 3 rings (SSSR count). The number of anilines is 1. The van der Waals surface area contributed by atoms with Gasteiger partial charge in [-0.1, -0.05) is 30.3 Å². The van der Waals surface area contributed by atoms with Gasteiger partial charge in [0.25, 0.3) is 5.54 Å². The van der Waals surface area contributed by atoms with Crippen LogP contribution in [-0.4, -0.2) is 44.6 Å². The van der Waals surface area contributed by atoms with Gasteiger partial charge in [-0.2, -0.15) is 0 Å². The Balaban J connectivity index is 2.23. The summed E-state index contributed by atoms with van der Waals surface area (Å²) in [6.45, 7) is 1.74. The molecule has 1 heterocycles. The first-order valence-corrected chi connectivity index (χ1v) is 8.71. The van der Waals surface area contributed by atoms with Gasteiger partial charge in [-0.25, -0.2) is 14.6 Å². The molecule has 7 nitrogen and oxygen atoms in total. The topological polar surface area (TPSA) is 77.4 Å². The number of aliphatic imine (C=N–C) groups is 1. The molecule has 0 aromatic heterocycles. The lowest BCUT2D eigenvalue weighted by Gasteiger charge is -2.34. The number of amidine groups is 1. The molecule has 0 spiro atoms. The molecule has 0 radical (unpaired) electrons. The van der Waals surface area contributed by atoms with Crippen molar-refractivity contribution in [2.24, 2.45) is 4.99 Å². The largest absolute Gasteiger partial charge is 0.497 e. The molecule has 146 valence electrons. The summed E-state index contributed by atoms with van der Waals surface area (Å²) in [5, 5.41) is 0. The lowest BCUT2D eigenvalue weighted by molar-refractivity contribution is -0.161. The second-order valence-corrected chi connectivity index (χ2v) is 6.29. The quantitative estimate of drug-likeness (QED) is 0.585. The SMILES string of the molecule is COC(=O)C1(C(=O)OC)N=C(C)N(c2ccc(OC)cc2)C1c1ccccc1. The number of ether oxygens (including phenoxy) is 3. The third-order valence-electron chi connectivity index (χ3n) is 4.80. The van der Waals surface area contributed by atoms with Gasteiger partial charge < -0.3 is 19.1 Å². The number of rotatable bonds is 5. The second kappa shape index (κ2) is 7.72. The fraction of sp³-hybridized carbons (Fsp3) is 0.286.